The van der Waals surface area contributed by atoms with Crippen LogP contribution in [-0.4, -0.2) is 63.9 Å². The summed E-state index contributed by atoms with van der Waals surface area (Å²) in [5.41, 5.74) is 3.28. The lowest BCUT2D eigenvalue weighted by Gasteiger charge is -2.26. The van der Waals surface area contributed by atoms with E-state index < -0.39 is 0 Å². The zero-order chi connectivity index (χ0) is 24.4. The number of carbonyl (C=O) groups is 1. The second-order valence-electron chi connectivity index (χ2n) is 10.5. The van der Waals surface area contributed by atoms with E-state index in [1.807, 2.05) is 19.1 Å². The monoisotopic (exact) mass is 483 g/mol. The van der Waals surface area contributed by atoms with Crippen LogP contribution in [0.3, 0.4) is 0 Å². The summed E-state index contributed by atoms with van der Waals surface area (Å²) < 4.78 is 19.0. The fourth-order valence-corrected chi connectivity index (χ4v) is 5.59. The molecule has 9 heteroatoms. The number of hydrogen-bond acceptors (Lipinski definition) is 7. The molecule has 190 valence electrons. The van der Waals surface area contributed by atoms with Gasteiger partial charge in [0.15, 0.2) is 0 Å². The van der Waals surface area contributed by atoms with Crippen LogP contribution in [0.5, 0.6) is 5.75 Å². The first kappa shape index (κ1) is 24.0. The lowest BCUT2D eigenvalue weighted by atomic mass is 9.86. The van der Waals surface area contributed by atoms with Gasteiger partial charge in [0, 0.05) is 39.3 Å². The van der Waals surface area contributed by atoms with Crippen LogP contribution in [0.2, 0.25) is 0 Å². The average molecular weight is 484 g/mol. The number of aromatic nitrogens is 4. The highest BCUT2D eigenvalue weighted by atomic mass is 16.6. The molecular formula is C26H37N5O4. The number of amides is 1. The minimum Gasteiger partial charge on any atom is -0.488 e. The zero-order valence-electron chi connectivity index (χ0n) is 21.2. The number of nitrogens with zero attached hydrogens (tertiary/aromatic N) is 5. The van der Waals surface area contributed by atoms with Crippen LogP contribution in [0.15, 0.2) is 12.1 Å². The summed E-state index contributed by atoms with van der Waals surface area (Å²) in [5.74, 6) is 1.29. The van der Waals surface area contributed by atoms with Crippen molar-refractivity contribution in [3.63, 3.8) is 0 Å². The number of ether oxygens (including phenoxy) is 3. The van der Waals surface area contributed by atoms with Crippen molar-refractivity contribution in [3.05, 3.63) is 23.5 Å². The molecule has 1 unspecified atom stereocenters. The normalized spacial score (nSPS) is 21.6. The largest absolute Gasteiger partial charge is 0.488 e. The molecular weight excluding hydrogens is 446 g/mol. The van der Waals surface area contributed by atoms with Crippen LogP contribution in [0.1, 0.15) is 62.8 Å². The van der Waals surface area contributed by atoms with Crippen LogP contribution >= 0.6 is 0 Å². The maximum Gasteiger partial charge on any atom is 0.409 e. The van der Waals surface area contributed by atoms with Gasteiger partial charge < -0.3 is 19.1 Å². The molecule has 2 saturated carbocycles. The Morgan fingerprint density at radius 3 is 2.74 bits per heavy atom. The first-order valence-electron chi connectivity index (χ1n) is 12.9. The minimum absolute atomic E-state index is 0.0827. The molecule has 1 spiro atoms. The predicted molar refractivity (Wildman–Crippen MR) is 130 cm³/mol. The number of pyridine rings is 1. The summed E-state index contributed by atoms with van der Waals surface area (Å²) in [7, 11) is 3.58. The second-order valence-corrected chi connectivity index (χ2v) is 10.5. The van der Waals surface area contributed by atoms with Crippen LogP contribution in [0.25, 0.3) is 11.4 Å². The van der Waals surface area contributed by atoms with Gasteiger partial charge in [0.2, 0.25) is 0 Å². The summed E-state index contributed by atoms with van der Waals surface area (Å²) in [4.78, 5) is 19.0. The molecule has 1 aliphatic heterocycles. The molecule has 9 nitrogen and oxygen atoms in total. The van der Waals surface area contributed by atoms with Crippen LogP contribution in [-0.2, 0) is 23.1 Å². The molecule has 35 heavy (non-hydrogen) atoms. The number of aryl methyl sites for hydroxylation is 2. The van der Waals surface area contributed by atoms with E-state index in [0.29, 0.717) is 41.1 Å². The molecule has 0 bridgehead atoms. The van der Waals surface area contributed by atoms with Crippen LogP contribution in [0, 0.1) is 18.3 Å². The zero-order valence-corrected chi connectivity index (χ0v) is 21.2. The third-order valence-corrected chi connectivity index (χ3v) is 7.97. The van der Waals surface area contributed by atoms with Crippen molar-refractivity contribution in [2.24, 2.45) is 18.4 Å². The summed E-state index contributed by atoms with van der Waals surface area (Å²) in [6.07, 6.45) is 9.64. The molecule has 3 heterocycles. The van der Waals surface area contributed by atoms with Gasteiger partial charge in [0.25, 0.3) is 0 Å². The Labute approximate surface area is 207 Å². The van der Waals surface area contributed by atoms with Gasteiger partial charge in [0.1, 0.15) is 29.8 Å². The fraction of sp³-hybridized carbons (Fsp3) is 0.692. The Morgan fingerprint density at radius 1 is 1.23 bits per heavy atom. The highest BCUT2D eigenvalue weighted by Crippen LogP contribution is 2.58. The molecule has 0 N–H and O–H groups in total. The maximum atomic E-state index is 12.6. The van der Waals surface area contributed by atoms with Gasteiger partial charge in [-0.2, -0.15) is 0 Å². The fourth-order valence-electron chi connectivity index (χ4n) is 5.59. The van der Waals surface area contributed by atoms with E-state index in [2.05, 4.69) is 10.3 Å². The van der Waals surface area contributed by atoms with E-state index in [1.165, 1.54) is 32.1 Å². The molecule has 3 aliphatic rings. The summed E-state index contributed by atoms with van der Waals surface area (Å²) in [5, 5.41) is 8.46. The van der Waals surface area contributed by atoms with E-state index in [1.54, 1.807) is 23.7 Å². The Balaban J connectivity index is 1.21. The van der Waals surface area contributed by atoms with Gasteiger partial charge in [-0.05, 0) is 57.1 Å². The van der Waals surface area contributed by atoms with Gasteiger partial charge >= 0.3 is 6.09 Å². The molecule has 2 aromatic heterocycles. The summed E-state index contributed by atoms with van der Waals surface area (Å²) in [6, 6.07) is 3.91. The highest BCUT2D eigenvalue weighted by Gasteiger charge is 2.56. The van der Waals surface area contributed by atoms with Crippen molar-refractivity contribution in [2.75, 3.05) is 26.8 Å². The van der Waals surface area contributed by atoms with Gasteiger partial charge in [-0.25, -0.2) is 14.5 Å². The van der Waals surface area contributed by atoms with Crippen molar-refractivity contribution in [1.29, 1.82) is 0 Å². The third kappa shape index (κ3) is 5.29. The molecule has 2 aliphatic carbocycles. The Bertz CT molecular complexity index is 1040. The molecule has 0 aromatic carbocycles. The molecule has 5 rings (SSSR count). The Morgan fingerprint density at radius 2 is 2.00 bits per heavy atom. The van der Waals surface area contributed by atoms with E-state index in [4.69, 9.17) is 19.2 Å². The van der Waals surface area contributed by atoms with Crippen molar-refractivity contribution in [3.8, 4) is 17.1 Å². The second kappa shape index (κ2) is 10.1. The van der Waals surface area contributed by atoms with Crippen molar-refractivity contribution >= 4 is 6.09 Å². The number of rotatable bonds is 7. The summed E-state index contributed by atoms with van der Waals surface area (Å²) >= 11 is 0. The predicted octanol–water partition coefficient (Wildman–Crippen LogP) is 4.28. The highest BCUT2D eigenvalue weighted by molar-refractivity contribution is 5.67. The van der Waals surface area contributed by atoms with Gasteiger partial charge in [0.05, 0.1) is 11.4 Å². The Kier molecular flexibility index (Phi) is 6.95. The molecule has 3 fully saturated rings. The number of carbonyl (C=O) groups excluding carboxylic acids is 1. The lowest BCUT2D eigenvalue weighted by Crippen LogP contribution is -2.34. The van der Waals surface area contributed by atoms with Gasteiger partial charge in [-0.1, -0.05) is 24.5 Å². The van der Waals surface area contributed by atoms with Crippen LogP contribution < -0.4 is 4.74 Å². The van der Waals surface area contributed by atoms with E-state index in [9.17, 15) is 4.79 Å². The molecule has 1 atom stereocenters. The minimum atomic E-state index is -0.349. The lowest BCUT2D eigenvalue weighted by molar-refractivity contribution is 0.0493. The smallest absolute Gasteiger partial charge is 0.409 e. The van der Waals surface area contributed by atoms with Crippen LogP contribution in [0.4, 0.5) is 4.79 Å². The first-order valence-corrected chi connectivity index (χ1v) is 12.9. The van der Waals surface area contributed by atoms with Crippen molar-refractivity contribution in [1.82, 2.24) is 24.9 Å². The van der Waals surface area contributed by atoms with E-state index in [-0.39, 0.29) is 12.7 Å². The standard InChI is InChI=1S/C26H37N5O4/c1-18-22(35-23-15-26(23)11-5-4-6-12-26)8-7-20(27-18)24-21(31(3)29-28-24)17-34-25(32)30(2)16-19-9-13-33-14-10-19/h7-8,19,23H,4-6,9-17H2,1-3H3. The first-order chi connectivity index (χ1) is 16.9. The van der Waals surface area contributed by atoms with Gasteiger partial charge in [-0.15, -0.1) is 5.10 Å². The summed E-state index contributed by atoms with van der Waals surface area (Å²) in [6.45, 7) is 4.24. The maximum absolute atomic E-state index is 12.6. The molecule has 1 amide bonds. The quantitative estimate of drug-likeness (QED) is 0.580. The van der Waals surface area contributed by atoms with Crippen molar-refractivity contribution in [2.45, 2.75) is 71.0 Å². The number of hydrogen-bond donors (Lipinski definition) is 0. The van der Waals surface area contributed by atoms with E-state index >= 15 is 0 Å². The average Bonchev–Trinajstić information content (AvgIpc) is 3.37. The topological polar surface area (TPSA) is 91.6 Å². The Hall–Kier alpha value is -2.68. The SMILES string of the molecule is Cc1nc(-c2nnn(C)c2COC(=O)N(C)CC2CCOCC2)ccc1OC1CC12CCCCC2. The van der Waals surface area contributed by atoms with Crippen molar-refractivity contribution < 1.29 is 19.0 Å². The van der Waals surface area contributed by atoms with Gasteiger partial charge in [-0.3, -0.25) is 0 Å². The third-order valence-electron chi connectivity index (χ3n) is 7.97. The van der Waals surface area contributed by atoms with E-state index in [0.717, 1.165) is 43.9 Å². The molecule has 1 saturated heterocycles. The molecule has 2 aromatic rings. The molecule has 0 radical (unpaired) electrons.